The monoisotopic (exact) mass is 403 g/mol. The molecule has 6 nitrogen and oxygen atoms in total. The Labute approximate surface area is 168 Å². The fourth-order valence-electron chi connectivity index (χ4n) is 5.54. The Morgan fingerprint density at radius 1 is 1.31 bits per heavy atom. The number of aromatic amines is 1. The Bertz CT molecular complexity index is 960. The van der Waals surface area contributed by atoms with Crippen LogP contribution in [0.2, 0.25) is 0 Å². The van der Waals surface area contributed by atoms with Gasteiger partial charge in [0.05, 0.1) is 5.39 Å². The largest absolute Gasteiger partial charge is 0.365 e. The van der Waals surface area contributed by atoms with Crippen molar-refractivity contribution in [3.05, 3.63) is 18.1 Å². The summed E-state index contributed by atoms with van der Waals surface area (Å²) in [6.45, 7) is 4.32. The predicted molar refractivity (Wildman–Crippen MR) is 106 cm³/mol. The number of amides is 1. The van der Waals surface area contributed by atoms with Gasteiger partial charge in [-0.1, -0.05) is 0 Å². The summed E-state index contributed by atoms with van der Waals surface area (Å²) < 4.78 is 27.7. The lowest BCUT2D eigenvalue weighted by Gasteiger charge is -2.38. The van der Waals surface area contributed by atoms with Gasteiger partial charge in [0.15, 0.2) is 0 Å². The summed E-state index contributed by atoms with van der Waals surface area (Å²) in [6.07, 6.45) is 7.24. The number of rotatable bonds is 3. The molecule has 2 aromatic rings. The molecule has 3 heterocycles. The van der Waals surface area contributed by atoms with Gasteiger partial charge in [-0.2, -0.15) is 0 Å². The summed E-state index contributed by atoms with van der Waals surface area (Å²) in [4.78, 5) is 25.9. The van der Waals surface area contributed by atoms with E-state index in [4.69, 9.17) is 0 Å². The van der Waals surface area contributed by atoms with E-state index in [0.29, 0.717) is 19.4 Å². The minimum atomic E-state index is -2.50. The third-order valence-corrected chi connectivity index (χ3v) is 7.39. The van der Waals surface area contributed by atoms with Gasteiger partial charge in [0.2, 0.25) is 5.91 Å². The summed E-state index contributed by atoms with van der Waals surface area (Å²) in [6, 6.07) is 0.354. The lowest BCUT2D eigenvalue weighted by molar-refractivity contribution is -0.132. The SMILES string of the molecule is CC(=O)N1C[C@H](Nc2ncnc3[nH]cc([C@@H]4CC[C@]5(C4)CC5(F)F)c23)CC[C@@H]1C. The molecule has 156 valence electrons. The van der Waals surface area contributed by atoms with Gasteiger partial charge in [-0.25, -0.2) is 18.7 Å². The van der Waals surface area contributed by atoms with Crippen molar-refractivity contribution in [1.29, 1.82) is 0 Å². The molecule has 3 fully saturated rings. The second kappa shape index (κ2) is 6.37. The van der Waals surface area contributed by atoms with Crippen LogP contribution in [0, 0.1) is 5.41 Å². The van der Waals surface area contributed by atoms with Gasteiger partial charge in [-0.15, -0.1) is 0 Å². The van der Waals surface area contributed by atoms with E-state index < -0.39 is 11.3 Å². The van der Waals surface area contributed by atoms with Crippen molar-refractivity contribution in [2.45, 2.75) is 76.3 Å². The van der Waals surface area contributed by atoms with Crippen molar-refractivity contribution in [3.8, 4) is 0 Å². The number of nitrogens with one attached hydrogen (secondary N) is 2. The van der Waals surface area contributed by atoms with Crippen molar-refractivity contribution in [2.75, 3.05) is 11.9 Å². The van der Waals surface area contributed by atoms with Crippen LogP contribution in [0.3, 0.4) is 0 Å². The van der Waals surface area contributed by atoms with E-state index in [1.807, 2.05) is 11.1 Å². The number of anilines is 1. The molecule has 0 bridgehead atoms. The highest BCUT2D eigenvalue weighted by Crippen LogP contribution is 2.71. The molecule has 2 N–H and O–H groups in total. The summed E-state index contributed by atoms with van der Waals surface area (Å²) in [5.74, 6) is -1.58. The summed E-state index contributed by atoms with van der Waals surface area (Å²) >= 11 is 0. The van der Waals surface area contributed by atoms with E-state index in [-0.39, 0.29) is 30.3 Å². The van der Waals surface area contributed by atoms with Crippen LogP contribution in [0.5, 0.6) is 0 Å². The zero-order chi connectivity index (χ0) is 20.4. The Hall–Kier alpha value is -2.25. The first-order valence-corrected chi connectivity index (χ1v) is 10.5. The average Bonchev–Trinajstić information content (AvgIpc) is 3.03. The van der Waals surface area contributed by atoms with Crippen LogP contribution in [0.15, 0.2) is 12.5 Å². The second-order valence-electron chi connectivity index (χ2n) is 9.23. The molecule has 1 saturated heterocycles. The highest BCUT2D eigenvalue weighted by molar-refractivity contribution is 5.91. The molecule has 4 atom stereocenters. The molecule has 1 amide bonds. The number of halogens is 2. The van der Waals surface area contributed by atoms with E-state index in [2.05, 4.69) is 27.2 Å². The second-order valence-corrected chi connectivity index (χ2v) is 9.23. The van der Waals surface area contributed by atoms with Gasteiger partial charge >= 0.3 is 0 Å². The number of nitrogens with zero attached hydrogens (tertiary/aromatic N) is 3. The highest BCUT2D eigenvalue weighted by Gasteiger charge is 2.72. The Morgan fingerprint density at radius 3 is 2.79 bits per heavy atom. The number of likely N-dealkylation sites (tertiary alicyclic amines) is 1. The number of carbonyl (C=O) groups excluding carboxylic acids is 1. The molecule has 2 saturated carbocycles. The van der Waals surface area contributed by atoms with Crippen molar-refractivity contribution in [2.24, 2.45) is 5.41 Å². The molecule has 0 radical (unpaired) electrons. The first-order chi connectivity index (χ1) is 13.8. The van der Waals surface area contributed by atoms with Crippen LogP contribution in [0.4, 0.5) is 14.6 Å². The predicted octanol–water partition coefficient (Wildman–Crippen LogP) is 4.06. The Morgan fingerprint density at radius 2 is 2.10 bits per heavy atom. The lowest BCUT2D eigenvalue weighted by Crippen LogP contribution is -2.49. The number of alkyl halides is 2. The summed E-state index contributed by atoms with van der Waals surface area (Å²) in [5.41, 5.74) is 0.982. The molecule has 2 aromatic heterocycles. The molecule has 0 aromatic carbocycles. The minimum Gasteiger partial charge on any atom is -0.365 e. The van der Waals surface area contributed by atoms with Crippen molar-refractivity contribution in [3.63, 3.8) is 0 Å². The standard InChI is InChI=1S/C21H27F2N5O/c1-12-3-4-15(9-28(12)13(2)29)27-19-17-16(8-24-18(17)25-11-26-19)14-5-6-20(7-14)10-21(20,22)23/h8,11-12,14-15H,3-7,9-10H2,1-2H3,(H2,24,25,26,27)/t12-,14+,15+,20-/m0/s1. The number of hydrogen-bond donors (Lipinski definition) is 2. The molecule has 0 unspecified atom stereocenters. The highest BCUT2D eigenvalue weighted by atomic mass is 19.3. The van der Waals surface area contributed by atoms with Gasteiger partial charge in [0, 0.05) is 43.6 Å². The fraction of sp³-hybridized carbons (Fsp3) is 0.667. The molecule has 1 aliphatic heterocycles. The molecule has 8 heteroatoms. The van der Waals surface area contributed by atoms with Gasteiger partial charge in [0.25, 0.3) is 5.92 Å². The van der Waals surface area contributed by atoms with Crippen LogP contribution in [0.1, 0.15) is 63.9 Å². The number of hydrogen-bond acceptors (Lipinski definition) is 4. The van der Waals surface area contributed by atoms with E-state index in [0.717, 1.165) is 41.7 Å². The van der Waals surface area contributed by atoms with E-state index in [1.54, 1.807) is 6.92 Å². The van der Waals surface area contributed by atoms with Crippen LogP contribution >= 0.6 is 0 Å². The normalized spacial score (nSPS) is 33.4. The maximum Gasteiger partial charge on any atom is 0.254 e. The van der Waals surface area contributed by atoms with Gasteiger partial charge < -0.3 is 15.2 Å². The van der Waals surface area contributed by atoms with Gasteiger partial charge in [0.1, 0.15) is 17.8 Å². The zero-order valence-electron chi connectivity index (χ0n) is 16.8. The Balaban J connectivity index is 1.41. The fourth-order valence-corrected chi connectivity index (χ4v) is 5.54. The van der Waals surface area contributed by atoms with Crippen LogP contribution in [-0.4, -0.2) is 50.3 Å². The number of H-pyrrole nitrogens is 1. The van der Waals surface area contributed by atoms with Crippen molar-refractivity contribution in [1.82, 2.24) is 19.9 Å². The summed E-state index contributed by atoms with van der Waals surface area (Å²) in [7, 11) is 0. The number of carbonyl (C=O) groups is 1. The molecule has 1 spiro atoms. The van der Waals surface area contributed by atoms with Crippen LogP contribution < -0.4 is 5.32 Å². The number of fused-ring (bicyclic) bond motifs is 1. The quantitative estimate of drug-likeness (QED) is 0.811. The molecular formula is C21H27F2N5O. The molecule has 5 rings (SSSR count). The maximum absolute atomic E-state index is 13.9. The maximum atomic E-state index is 13.9. The van der Waals surface area contributed by atoms with Crippen LogP contribution in [-0.2, 0) is 4.79 Å². The molecule has 29 heavy (non-hydrogen) atoms. The van der Waals surface area contributed by atoms with Gasteiger partial charge in [-0.3, -0.25) is 4.79 Å². The number of piperidine rings is 1. The molecule has 2 aliphatic carbocycles. The van der Waals surface area contributed by atoms with E-state index in [1.165, 1.54) is 6.33 Å². The first-order valence-electron chi connectivity index (χ1n) is 10.5. The molecular weight excluding hydrogens is 376 g/mol. The van der Waals surface area contributed by atoms with Crippen molar-refractivity contribution >= 4 is 22.8 Å². The van der Waals surface area contributed by atoms with E-state index in [9.17, 15) is 13.6 Å². The van der Waals surface area contributed by atoms with Gasteiger partial charge in [-0.05, 0) is 50.5 Å². The lowest BCUT2D eigenvalue weighted by atomic mass is 9.95. The molecule has 3 aliphatic rings. The zero-order valence-corrected chi connectivity index (χ0v) is 16.8. The number of aromatic nitrogens is 3. The van der Waals surface area contributed by atoms with Crippen molar-refractivity contribution < 1.29 is 13.6 Å². The summed E-state index contributed by atoms with van der Waals surface area (Å²) in [5, 5.41) is 4.43. The average molecular weight is 403 g/mol. The Kier molecular flexibility index (Phi) is 4.12. The smallest absolute Gasteiger partial charge is 0.254 e. The third kappa shape index (κ3) is 2.99. The minimum absolute atomic E-state index is 0.0294. The topological polar surface area (TPSA) is 73.9 Å². The van der Waals surface area contributed by atoms with E-state index >= 15 is 0 Å². The third-order valence-electron chi connectivity index (χ3n) is 7.39. The first kappa shape index (κ1) is 18.8. The van der Waals surface area contributed by atoms with Crippen LogP contribution in [0.25, 0.3) is 11.0 Å².